The summed E-state index contributed by atoms with van der Waals surface area (Å²) in [4.78, 5) is 13.4. The quantitative estimate of drug-likeness (QED) is 0.498. The molecule has 0 saturated heterocycles. The Morgan fingerprint density at radius 1 is 1.25 bits per heavy atom. The van der Waals surface area contributed by atoms with Crippen LogP contribution < -0.4 is 11.3 Å². The number of carbonyl (C=O) groups is 1. The summed E-state index contributed by atoms with van der Waals surface area (Å²) < 4.78 is 6.48. The molecule has 6 heteroatoms. The van der Waals surface area contributed by atoms with Crippen molar-refractivity contribution in [2.24, 2.45) is 5.84 Å². The van der Waals surface area contributed by atoms with E-state index >= 15 is 0 Å². The average molecular weight is 338 g/mol. The first-order valence-corrected chi connectivity index (χ1v) is 6.90. The van der Waals surface area contributed by atoms with Crippen LogP contribution in [0.3, 0.4) is 0 Å². The molecule has 5 nitrogen and oxygen atoms in total. The van der Waals surface area contributed by atoms with Crippen LogP contribution in [0.4, 0.5) is 0 Å². The number of hydrogen-bond donors (Lipinski definition) is 2. The van der Waals surface area contributed by atoms with Crippen LogP contribution in [-0.2, 0) is 13.1 Å². The van der Waals surface area contributed by atoms with Gasteiger partial charge in [0.05, 0.1) is 6.54 Å². The van der Waals surface area contributed by atoms with Gasteiger partial charge in [0.1, 0.15) is 5.76 Å². The van der Waals surface area contributed by atoms with Crippen LogP contribution >= 0.6 is 15.9 Å². The van der Waals surface area contributed by atoms with E-state index < -0.39 is 5.91 Å². The summed E-state index contributed by atoms with van der Waals surface area (Å²) in [7, 11) is 1.99. The minimum atomic E-state index is -0.424. The van der Waals surface area contributed by atoms with Crippen molar-refractivity contribution in [2.75, 3.05) is 7.05 Å². The van der Waals surface area contributed by atoms with E-state index in [0.717, 1.165) is 16.8 Å². The summed E-state index contributed by atoms with van der Waals surface area (Å²) in [5.41, 5.74) is 3.25. The second-order valence-corrected chi connectivity index (χ2v) is 5.45. The van der Waals surface area contributed by atoms with Crippen molar-refractivity contribution in [1.29, 1.82) is 0 Å². The lowest BCUT2D eigenvalue weighted by molar-refractivity contribution is 0.0922. The first-order chi connectivity index (χ1) is 9.58. The monoisotopic (exact) mass is 337 g/mol. The van der Waals surface area contributed by atoms with E-state index in [-0.39, 0.29) is 5.76 Å². The van der Waals surface area contributed by atoms with Crippen molar-refractivity contribution in [1.82, 2.24) is 10.3 Å². The number of amides is 1. The topological polar surface area (TPSA) is 71.5 Å². The number of nitrogens with one attached hydrogen (secondary N) is 1. The molecule has 0 bridgehead atoms. The SMILES string of the molecule is CN(Cc1ccc(Br)cc1)Cc1ccc(C(=O)NN)o1. The third kappa shape index (κ3) is 3.93. The number of nitrogens with zero attached hydrogens (tertiary/aromatic N) is 1. The number of furan rings is 1. The molecule has 0 unspecified atom stereocenters. The summed E-state index contributed by atoms with van der Waals surface area (Å²) in [6.07, 6.45) is 0. The van der Waals surface area contributed by atoms with Crippen LogP contribution in [0.15, 0.2) is 45.3 Å². The zero-order valence-corrected chi connectivity index (χ0v) is 12.7. The van der Waals surface area contributed by atoms with Gasteiger partial charge in [0.25, 0.3) is 0 Å². The first kappa shape index (κ1) is 14.8. The van der Waals surface area contributed by atoms with Gasteiger partial charge in [-0.05, 0) is 36.9 Å². The van der Waals surface area contributed by atoms with Gasteiger partial charge in [-0.1, -0.05) is 28.1 Å². The highest BCUT2D eigenvalue weighted by Crippen LogP contribution is 2.14. The van der Waals surface area contributed by atoms with E-state index in [1.807, 2.05) is 24.6 Å². The molecule has 0 aliphatic rings. The second kappa shape index (κ2) is 6.69. The number of nitrogens with two attached hydrogens (primary N) is 1. The molecule has 0 fully saturated rings. The molecule has 3 N–H and O–H groups in total. The molecular weight excluding hydrogens is 322 g/mol. The van der Waals surface area contributed by atoms with Gasteiger partial charge < -0.3 is 4.42 Å². The Balaban J connectivity index is 1.94. The first-order valence-electron chi connectivity index (χ1n) is 6.11. The van der Waals surface area contributed by atoms with Crippen LogP contribution in [0, 0.1) is 0 Å². The fourth-order valence-corrected chi connectivity index (χ4v) is 2.14. The lowest BCUT2D eigenvalue weighted by atomic mass is 10.2. The van der Waals surface area contributed by atoms with Crippen molar-refractivity contribution < 1.29 is 9.21 Å². The Morgan fingerprint density at radius 2 is 1.95 bits per heavy atom. The van der Waals surface area contributed by atoms with Gasteiger partial charge in [-0.3, -0.25) is 15.1 Å². The number of carbonyl (C=O) groups excluding carboxylic acids is 1. The maximum Gasteiger partial charge on any atom is 0.300 e. The Labute approximate surface area is 125 Å². The molecule has 1 heterocycles. The molecule has 1 amide bonds. The van der Waals surface area contributed by atoms with Gasteiger partial charge in [-0.15, -0.1) is 0 Å². The molecule has 0 atom stereocenters. The molecule has 1 aromatic carbocycles. The molecule has 106 valence electrons. The van der Waals surface area contributed by atoms with E-state index in [1.54, 1.807) is 12.1 Å². The molecule has 2 aromatic rings. The minimum absolute atomic E-state index is 0.222. The molecule has 0 aliphatic carbocycles. The Kier molecular flexibility index (Phi) is 4.94. The van der Waals surface area contributed by atoms with Crippen molar-refractivity contribution in [3.05, 3.63) is 58.0 Å². The number of halogens is 1. The molecule has 1 aromatic heterocycles. The van der Waals surface area contributed by atoms with Crippen LogP contribution in [0.1, 0.15) is 21.9 Å². The van der Waals surface area contributed by atoms with E-state index in [1.165, 1.54) is 5.56 Å². The number of benzene rings is 1. The molecule has 0 radical (unpaired) electrons. The van der Waals surface area contributed by atoms with Crippen molar-refractivity contribution in [3.8, 4) is 0 Å². The molecule has 0 saturated carbocycles. The van der Waals surface area contributed by atoms with Crippen LogP contribution in [-0.4, -0.2) is 17.9 Å². The molecule has 20 heavy (non-hydrogen) atoms. The molecular formula is C14H16BrN3O2. The van der Waals surface area contributed by atoms with E-state index in [9.17, 15) is 4.79 Å². The van der Waals surface area contributed by atoms with Crippen LogP contribution in [0.5, 0.6) is 0 Å². The van der Waals surface area contributed by atoms with E-state index in [2.05, 4.69) is 33.0 Å². The predicted octanol–water partition coefficient (Wildman–Crippen LogP) is 2.28. The van der Waals surface area contributed by atoms with E-state index in [0.29, 0.717) is 6.54 Å². The zero-order valence-electron chi connectivity index (χ0n) is 11.1. The summed E-state index contributed by atoms with van der Waals surface area (Å²) in [6, 6.07) is 11.6. The fourth-order valence-electron chi connectivity index (χ4n) is 1.88. The molecule has 0 aliphatic heterocycles. The van der Waals surface area contributed by atoms with Crippen molar-refractivity contribution in [2.45, 2.75) is 13.1 Å². The smallest absolute Gasteiger partial charge is 0.300 e. The summed E-state index contributed by atoms with van der Waals surface area (Å²) >= 11 is 3.41. The summed E-state index contributed by atoms with van der Waals surface area (Å²) in [5, 5.41) is 0. The summed E-state index contributed by atoms with van der Waals surface area (Å²) in [6.45, 7) is 1.42. The Bertz CT molecular complexity index is 580. The third-order valence-electron chi connectivity index (χ3n) is 2.81. The highest BCUT2D eigenvalue weighted by Gasteiger charge is 2.11. The largest absolute Gasteiger partial charge is 0.455 e. The average Bonchev–Trinajstić information content (AvgIpc) is 2.89. The normalized spacial score (nSPS) is 10.8. The fraction of sp³-hybridized carbons (Fsp3) is 0.214. The number of rotatable bonds is 5. The maximum absolute atomic E-state index is 11.3. The minimum Gasteiger partial charge on any atom is -0.455 e. The third-order valence-corrected chi connectivity index (χ3v) is 3.34. The Morgan fingerprint density at radius 3 is 2.60 bits per heavy atom. The highest BCUT2D eigenvalue weighted by molar-refractivity contribution is 9.10. The number of hydrogen-bond acceptors (Lipinski definition) is 4. The van der Waals surface area contributed by atoms with Gasteiger partial charge in [-0.2, -0.15) is 0 Å². The number of nitrogen functional groups attached to an aromatic ring is 1. The lowest BCUT2D eigenvalue weighted by Crippen LogP contribution is -2.29. The van der Waals surface area contributed by atoms with Crippen molar-refractivity contribution in [3.63, 3.8) is 0 Å². The van der Waals surface area contributed by atoms with Crippen molar-refractivity contribution >= 4 is 21.8 Å². The van der Waals surface area contributed by atoms with Crippen LogP contribution in [0.25, 0.3) is 0 Å². The van der Waals surface area contributed by atoms with E-state index in [4.69, 9.17) is 10.3 Å². The van der Waals surface area contributed by atoms with Gasteiger partial charge in [-0.25, -0.2) is 5.84 Å². The standard InChI is InChI=1S/C14H16BrN3O2/c1-18(8-10-2-4-11(15)5-3-10)9-12-6-7-13(20-12)14(19)17-16/h2-7H,8-9,16H2,1H3,(H,17,19). The van der Waals surface area contributed by atoms with Crippen LogP contribution in [0.2, 0.25) is 0 Å². The second-order valence-electron chi connectivity index (χ2n) is 4.54. The predicted molar refractivity (Wildman–Crippen MR) is 79.7 cm³/mol. The van der Waals surface area contributed by atoms with Gasteiger partial charge in [0, 0.05) is 11.0 Å². The maximum atomic E-state index is 11.3. The number of hydrazine groups is 1. The molecule has 2 rings (SSSR count). The highest BCUT2D eigenvalue weighted by atomic mass is 79.9. The molecule has 0 spiro atoms. The van der Waals surface area contributed by atoms with Gasteiger partial charge in [0.2, 0.25) is 0 Å². The zero-order chi connectivity index (χ0) is 14.5. The Hall–Kier alpha value is -1.63. The van der Waals surface area contributed by atoms with Gasteiger partial charge in [0.15, 0.2) is 5.76 Å². The lowest BCUT2D eigenvalue weighted by Gasteiger charge is -2.15. The van der Waals surface area contributed by atoms with Gasteiger partial charge >= 0.3 is 5.91 Å². The summed E-state index contributed by atoms with van der Waals surface area (Å²) in [5.74, 6) is 5.58.